The lowest BCUT2D eigenvalue weighted by Crippen LogP contribution is -2.13. The normalized spacial score (nSPS) is 12.9. The van der Waals surface area contributed by atoms with Gasteiger partial charge in [-0.25, -0.2) is 0 Å². The van der Waals surface area contributed by atoms with Crippen molar-refractivity contribution in [1.82, 2.24) is 0 Å². The van der Waals surface area contributed by atoms with Gasteiger partial charge in [0.2, 0.25) is 0 Å². The first-order chi connectivity index (χ1) is 15.6. The molecule has 1 rings (SSSR count). The molecule has 2 atom stereocenters. The van der Waals surface area contributed by atoms with Crippen LogP contribution in [-0.2, 0) is 16.1 Å². The fourth-order valence-corrected chi connectivity index (χ4v) is 3.83. The Morgan fingerprint density at radius 1 is 0.844 bits per heavy atom. The standard InChI is InChI=1S/C27H45BrO4/c1-5-9-12-22(7-3)19-30-25-16-24(21-32-27(29)14-11-15-28)17-26(18-25)31-20-23(8-4)13-10-6-2/h16-18,22-23H,5-15,19-21H2,1-4H3. The van der Waals surface area contributed by atoms with Gasteiger partial charge in [0.25, 0.3) is 0 Å². The molecular formula is C27H45BrO4. The van der Waals surface area contributed by atoms with E-state index in [9.17, 15) is 4.79 Å². The minimum Gasteiger partial charge on any atom is -0.493 e. The Hall–Kier alpha value is -1.23. The number of ether oxygens (including phenoxy) is 3. The van der Waals surface area contributed by atoms with Crippen LogP contribution >= 0.6 is 15.9 Å². The van der Waals surface area contributed by atoms with E-state index < -0.39 is 0 Å². The molecule has 0 radical (unpaired) electrons. The average Bonchev–Trinajstić information content (AvgIpc) is 2.81. The molecular weight excluding hydrogens is 468 g/mol. The molecule has 0 N–H and O–H groups in total. The minimum absolute atomic E-state index is 0.172. The van der Waals surface area contributed by atoms with Crippen LogP contribution < -0.4 is 9.47 Å². The summed E-state index contributed by atoms with van der Waals surface area (Å²) in [6.45, 7) is 10.6. The number of hydrogen-bond donors (Lipinski definition) is 0. The highest BCUT2D eigenvalue weighted by Gasteiger charge is 2.12. The molecule has 0 heterocycles. The molecule has 4 nitrogen and oxygen atoms in total. The number of hydrogen-bond acceptors (Lipinski definition) is 4. The van der Waals surface area contributed by atoms with Gasteiger partial charge in [0.15, 0.2) is 0 Å². The Morgan fingerprint density at radius 3 is 1.81 bits per heavy atom. The summed E-state index contributed by atoms with van der Waals surface area (Å²) >= 11 is 3.35. The van der Waals surface area contributed by atoms with Gasteiger partial charge < -0.3 is 14.2 Å². The SMILES string of the molecule is CCCCC(CC)COc1cc(COC(=O)CCCBr)cc(OCC(CC)CCCC)c1. The molecule has 5 heteroatoms. The maximum Gasteiger partial charge on any atom is 0.306 e. The number of benzene rings is 1. The van der Waals surface area contributed by atoms with Gasteiger partial charge in [0, 0.05) is 17.8 Å². The molecule has 0 aliphatic carbocycles. The van der Waals surface area contributed by atoms with Crippen molar-refractivity contribution in [1.29, 1.82) is 0 Å². The summed E-state index contributed by atoms with van der Waals surface area (Å²) in [4.78, 5) is 11.9. The number of esters is 1. The molecule has 0 bridgehead atoms. The Balaban J connectivity index is 2.83. The number of rotatable bonds is 19. The van der Waals surface area contributed by atoms with Gasteiger partial charge >= 0.3 is 5.97 Å². The number of unbranched alkanes of at least 4 members (excludes halogenated alkanes) is 2. The molecule has 32 heavy (non-hydrogen) atoms. The van der Waals surface area contributed by atoms with Crippen LogP contribution in [0.15, 0.2) is 18.2 Å². The van der Waals surface area contributed by atoms with Crippen molar-refractivity contribution in [3.05, 3.63) is 23.8 Å². The molecule has 0 amide bonds. The summed E-state index contributed by atoms with van der Waals surface area (Å²) in [6, 6.07) is 5.94. The van der Waals surface area contributed by atoms with Crippen LogP contribution in [0.4, 0.5) is 0 Å². The molecule has 0 aromatic heterocycles. The molecule has 0 saturated heterocycles. The zero-order chi connectivity index (χ0) is 23.6. The van der Waals surface area contributed by atoms with Crippen LogP contribution in [0.3, 0.4) is 0 Å². The van der Waals surface area contributed by atoms with Gasteiger partial charge in [-0.1, -0.05) is 82.1 Å². The summed E-state index contributed by atoms with van der Waals surface area (Å²) in [5.74, 6) is 2.54. The number of carbonyl (C=O) groups is 1. The van der Waals surface area contributed by atoms with Crippen LogP contribution in [0.2, 0.25) is 0 Å². The molecule has 1 aromatic rings. The van der Waals surface area contributed by atoms with E-state index in [2.05, 4.69) is 43.6 Å². The first kappa shape index (κ1) is 28.8. The van der Waals surface area contributed by atoms with E-state index in [4.69, 9.17) is 14.2 Å². The van der Waals surface area contributed by atoms with E-state index in [-0.39, 0.29) is 12.6 Å². The highest BCUT2D eigenvalue weighted by atomic mass is 79.9. The van der Waals surface area contributed by atoms with E-state index in [0.29, 0.717) is 31.5 Å². The first-order valence-corrected chi connectivity index (χ1v) is 13.8. The lowest BCUT2D eigenvalue weighted by atomic mass is 10.0. The van der Waals surface area contributed by atoms with Crippen molar-refractivity contribution in [3.63, 3.8) is 0 Å². The number of halogens is 1. The van der Waals surface area contributed by atoms with Gasteiger partial charge in [-0.05, 0) is 48.8 Å². The zero-order valence-electron chi connectivity index (χ0n) is 20.8. The monoisotopic (exact) mass is 512 g/mol. The zero-order valence-corrected chi connectivity index (χ0v) is 22.4. The predicted molar refractivity (Wildman–Crippen MR) is 137 cm³/mol. The highest BCUT2D eigenvalue weighted by Crippen LogP contribution is 2.26. The third-order valence-electron chi connectivity index (χ3n) is 5.91. The molecule has 0 aliphatic rings. The van der Waals surface area contributed by atoms with Gasteiger partial charge in [-0.2, -0.15) is 0 Å². The van der Waals surface area contributed by atoms with Crippen molar-refractivity contribution >= 4 is 21.9 Å². The van der Waals surface area contributed by atoms with Crippen LogP contribution in [0.5, 0.6) is 11.5 Å². The average molecular weight is 514 g/mol. The molecule has 0 fully saturated rings. The Bertz CT molecular complexity index is 581. The van der Waals surface area contributed by atoms with Crippen LogP contribution in [0, 0.1) is 11.8 Å². The third kappa shape index (κ3) is 12.7. The van der Waals surface area contributed by atoms with E-state index in [1.54, 1.807) is 0 Å². The summed E-state index contributed by atoms with van der Waals surface area (Å²) in [7, 11) is 0. The third-order valence-corrected chi connectivity index (χ3v) is 6.47. The molecule has 0 aliphatic heterocycles. The van der Waals surface area contributed by atoms with Crippen molar-refractivity contribution in [2.45, 2.75) is 98.5 Å². The van der Waals surface area contributed by atoms with Crippen molar-refractivity contribution in [2.24, 2.45) is 11.8 Å². The Morgan fingerprint density at radius 2 is 1.38 bits per heavy atom. The van der Waals surface area contributed by atoms with Gasteiger partial charge in [0.1, 0.15) is 18.1 Å². The summed E-state index contributed by atoms with van der Waals surface area (Å²) in [5.41, 5.74) is 0.910. The van der Waals surface area contributed by atoms with E-state index in [0.717, 1.165) is 41.7 Å². The lowest BCUT2D eigenvalue weighted by molar-refractivity contribution is -0.144. The quantitative estimate of drug-likeness (QED) is 0.139. The molecule has 184 valence electrons. The van der Waals surface area contributed by atoms with Gasteiger partial charge in [-0.15, -0.1) is 0 Å². The predicted octanol–water partition coefficient (Wildman–Crippen LogP) is 8.10. The second kappa shape index (κ2) is 18.2. The molecule has 0 saturated carbocycles. The van der Waals surface area contributed by atoms with E-state index in [1.807, 2.05) is 18.2 Å². The molecule has 1 aromatic carbocycles. The fourth-order valence-electron chi connectivity index (χ4n) is 3.55. The van der Waals surface area contributed by atoms with E-state index in [1.165, 1.54) is 38.5 Å². The van der Waals surface area contributed by atoms with E-state index >= 15 is 0 Å². The van der Waals surface area contributed by atoms with Crippen LogP contribution in [0.25, 0.3) is 0 Å². The van der Waals surface area contributed by atoms with Gasteiger partial charge in [0.05, 0.1) is 13.2 Å². The second-order valence-corrected chi connectivity index (χ2v) is 9.51. The maximum absolute atomic E-state index is 11.9. The first-order valence-electron chi connectivity index (χ1n) is 12.7. The van der Waals surface area contributed by atoms with Crippen molar-refractivity contribution < 1.29 is 19.0 Å². The second-order valence-electron chi connectivity index (χ2n) is 8.72. The summed E-state index contributed by atoms with van der Waals surface area (Å²) in [5, 5.41) is 0.802. The smallest absolute Gasteiger partial charge is 0.306 e. The van der Waals surface area contributed by atoms with Crippen molar-refractivity contribution in [2.75, 3.05) is 18.5 Å². The highest BCUT2D eigenvalue weighted by molar-refractivity contribution is 9.09. The van der Waals surface area contributed by atoms with Gasteiger partial charge in [-0.3, -0.25) is 4.79 Å². The summed E-state index contributed by atoms with van der Waals surface area (Å²) in [6.07, 6.45) is 10.7. The molecule has 2 unspecified atom stereocenters. The van der Waals surface area contributed by atoms with Crippen LogP contribution in [-0.4, -0.2) is 24.5 Å². The lowest BCUT2D eigenvalue weighted by Gasteiger charge is -2.19. The summed E-state index contributed by atoms with van der Waals surface area (Å²) < 4.78 is 17.8. The number of carbonyl (C=O) groups excluding carboxylic acids is 1. The number of alkyl halides is 1. The van der Waals surface area contributed by atoms with Crippen molar-refractivity contribution in [3.8, 4) is 11.5 Å². The largest absolute Gasteiger partial charge is 0.493 e. The Kier molecular flexibility index (Phi) is 16.4. The van der Waals surface area contributed by atoms with Crippen LogP contribution in [0.1, 0.15) is 97.5 Å². The maximum atomic E-state index is 11.9. The topological polar surface area (TPSA) is 44.8 Å². The minimum atomic E-state index is -0.172. The molecule has 0 spiro atoms. The Labute approximate surface area is 204 Å². The fraction of sp³-hybridized carbons (Fsp3) is 0.741.